The van der Waals surface area contributed by atoms with Gasteiger partial charge < -0.3 is 0 Å². The molecule has 0 spiro atoms. The Bertz CT molecular complexity index is 1570. The van der Waals surface area contributed by atoms with Gasteiger partial charge in [-0.3, -0.25) is 4.79 Å². The normalized spacial score (nSPS) is 14.0. The molecule has 6 rings (SSSR count). The van der Waals surface area contributed by atoms with Gasteiger partial charge in [-0.05, 0) is 45.6 Å². The van der Waals surface area contributed by atoms with Crippen molar-refractivity contribution in [3.63, 3.8) is 0 Å². The van der Waals surface area contributed by atoms with E-state index in [0.29, 0.717) is 5.56 Å². The molecule has 1 aliphatic heterocycles. The largest absolute Gasteiger partial charge is 0.289 e. The summed E-state index contributed by atoms with van der Waals surface area (Å²) in [6, 6.07) is 50.0. The molecule has 1 heterocycles. The Balaban J connectivity index is 1.84. The van der Waals surface area contributed by atoms with Crippen molar-refractivity contribution < 1.29 is 4.79 Å². The van der Waals surface area contributed by atoms with Gasteiger partial charge in [0.25, 0.3) is 0 Å². The number of rotatable bonds is 5. The van der Waals surface area contributed by atoms with E-state index in [1.54, 1.807) is 0 Å². The van der Waals surface area contributed by atoms with Crippen LogP contribution in [0.2, 0.25) is 0 Å². The highest BCUT2D eigenvalue weighted by Gasteiger charge is 2.37. The van der Waals surface area contributed by atoms with Crippen LogP contribution < -0.4 is 15.9 Å². The first kappa shape index (κ1) is 22.3. The van der Waals surface area contributed by atoms with Crippen molar-refractivity contribution in [2.24, 2.45) is 0 Å². The maximum Gasteiger partial charge on any atom is 0.194 e. The molecule has 0 amide bonds. The van der Waals surface area contributed by atoms with Crippen LogP contribution in [0.15, 0.2) is 152 Å². The van der Waals surface area contributed by atoms with Gasteiger partial charge in [0, 0.05) is 10.9 Å². The van der Waals surface area contributed by atoms with Crippen LogP contribution >= 0.6 is 6.89 Å². The predicted octanol–water partition coefficient (Wildman–Crippen LogP) is 6.48. The van der Waals surface area contributed by atoms with Crippen molar-refractivity contribution in [3.05, 3.63) is 168 Å². The van der Waals surface area contributed by atoms with Gasteiger partial charge in [0.2, 0.25) is 0 Å². The molecule has 36 heavy (non-hydrogen) atoms. The number of hydrogen-bond acceptors (Lipinski definition) is 1. The number of carbonyl (C=O) groups excluding carboxylic acids is 1. The van der Waals surface area contributed by atoms with E-state index in [9.17, 15) is 4.79 Å². The molecule has 1 nitrogen and oxygen atoms in total. The quantitative estimate of drug-likeness (QED) is 0.208. The summed E-state index contributed by atoms with van der Waals surface area (Å²) in [5.74, 6) is 0.0829. The van der Waals surface area contributed by atoms with Gasteiger partial charge in [-0.15, -0.1) is 0 Å². The summed E-state index contributed by atoms with van der Waals surface area (Å²) in [7, 11) is 0. The fourth-order valence-electron chi connectivity index (χ4n) is 5.26. The first-order valence-electron chi connectivity index (χ1n) is 12.1. The lowest BCUT2D eigenvalue weighted by Gasteiger charge is -2.36. The monoisotopic (exact) mass is 480 g/mol. The molecule has 1 aliphatic rings. The van der Waals surface area contributed by atoms with Crippen molar-refractivity contribution in [2.75, 3.05) is 0 Å². The highest BCUT2D eigenvalue weighted by atomic mass is 31.2. The van der Waals surface area contributed by atoms with Gasteiger partial charge in [-0.25, -0.2) is 0 Å². The summed E-state index contributed by atoms with van der Waals surface area (Å²) in [6.45, 7) is -2.48. The maximum atomic E-state index is 14.5. The average Bonchev–Trinajstić information content (AvgIpc) is 2.98. The summed E-state index contributed by atoms with van der Waals surface area (Å²) in [4.78, 5) is 14.5. The van der Waals surface area contributed by atoms with Crippen LogP contribution in [0.5, 0.6) is 0 Å². The lowest BCUT2D eigenvalue weighted by molar-refractivity contribution is 0.106. The molecule has 5 aromatic carbocycles. The third kappa shape index (κ3) is 3.61. The fraction of sp³-hybridized carbons (Fsp3) is 0. The molecule has 2 heteroatoms. The molecular weight excluding hydrogens is 455 g/mol. The second-order valence-corrected chi connectivity index (χ2v) is 12.2. The topological polar surface area (TPSA) is 17.1 Å². The molecule has 0 aromatic heterocycles. The lowest BCUT2D eigenvalue weighted by atomic mass is 9.95. The standard InChI is InChI=1S/C34H25OP/c35-34(27-17-7-2-8-18-27)33-25-31(26-15-5-1-6-16-26)30-23-13-14-24-32(30)36(33,28-19-9-3-10-20-28)29-21-11-4-12-22-29/h1-25H. The van der Waals surface area contributed by atoms with Gasteiger partial charge in [-0.2, -0.15) is 0 Å². The van der Waals surface area contributed by atoms with Crippen LogP contribution in [-0.2, 0) is 0 Å². The number of allylic oxidation sites excluding steroid dienone is 1. The van der Waals surface area contributed by atoms with E-state index < -0.39 is 6.89 Å². The molecule has 0 unspecified atom stereocenters. The zero-order valence-electron chi connectivity index (χ0n) is 19.8. The number of hydrogen-bond donors (Lipinski definition) is 0. The van der Waals surface area contributed by atoms with E-state index in [2.05, 4.69) is 103 Å². The zero-order chi connectivity index (χ0) is 24.4. The van der Waals surface area contributed by atoms with E-state index in [1.807, 2.05) is 48.5 Å². The summed E-state index contributed by atoms with van der Waals surface area (Å²) in [6.07, 6.45) is 2.18. The number of benzene rings is 5. The Morgan fingerprint density at radius 3 is 1.56 bits per heavy atom. The number of Topliss-reactive ketones (excluding diaryl/α,β-unsaturated/α-hetero) is 1. The third-order valence-electron chi connectivity index (χ3n) is 6.84. The van der Waals surface area contributed by atoms with Gasteiger partial charge in [0.15, 0.2) is 5.78 Å². The van der Waals surface area contributed by atoms with Crippen LogP contribution in [0.3, 0.4) is 0 Å². The van der Waals surface area contributed by atoms with Crippen LogP contribution in [0, 0.1) is 0 Å². The second-order valence-electron chi connectivity index (χ2n) is 8.86. The van der Waals surface area contributed by atoms with Crippen LogP contribution in [0.4, 0.5) is 0 Å². The Kier molecular flexibility index (Phi) is 5.85. The molecule has 0 saturated carbocycles. The molecule has 172 valence electrons. The van der Waals surface area contributed by atoms with Crippen LogP contribution in [0.1, 0.15) is 21.5 Å². The summed E-state index contributed by atoms with van der Waals surface area (Å²) >= 11 is 0. The lowest BCUT2D eigenvalue weighted by Crippen LogP contribution is -2.36. The molecular formula is C34H25OP. The smallest absolute Gasteiger partial charge is 0.194 e. The van der Waals surface area contributed by atoms with Gasteiger partial charge in [0.1, 0.15) is 0 Å². The first-order chi connectivity index (χ1) is 17.8. The van der Waals surface area contributed by atoms with E-state index in [-0.39, 0.29) is 5.78 Å². The maximum absolute atomic E-state index is 14.5. The molecule has 0 atom stereocenters. The highest BCUT2D eigenvalue weighted by molar-refractivity contribution is 7.97. The molecule has 0 fully saturated rings. The van der Waals surface area contributed by atoms with E-state index in [1.165, 1.54) is 21.5 Å². The van der Waals surface area contributed by atoms with E-state index in [0.717, 1.165) is 16.4 Å². The average molecular weight is 481 g/mol. The summed E-state index contributed by atoms with van der Waals surface area (Å²) in [5.41, 5.74) is 4.11. The minimum absolute atomic E-state index is 0.0829. The SMILES string of the molecule is O=C(C1=P(c2ccccc2)(c2ccccc2)c2ccccc2C(c2ccccc2)=C1)c1ccccc1. The first-order valence-corrected chi connectivity index (χ1v) is 13.9. The number of fused-ring (bicyclic) bond motifs is 1. The van der Waals surface area contributed by atoms with Crippen LogP contribution in [-0.4, -0.2) is 11.1 Å². The van der Waals surface area contributed by atoms with Crippen molar-refractivity contribution in [3.8, 4) is 0 Å². The molecule has 0 N–H and O–H groups in total. The Morgan fingerprint density at radius 2 is 0.972 bits per heavy atom. The molecule has 0 radical (unpaired) electrons. The van der Waals surface area contributed by atoms with Crippen LogP contribution in [0.25, 0.3) is 5.57 Å². The highest BCUT2D eigenvalue weighted by Crippen LogP contribution is 2.51. The van der Waals surface area contributed by atoms with Gasteiger partial charge >= 0.3 is 0 Å². The predicted molar refractivity (Wildman–Crippen MR) is 154 cm³/mol. The molecule has 0 aliphatic carbocycles. The Morgan fingerprint density at radius 1 is 0.500 bits per heavy atom. The van der Waals surface area contributed by atoms with E-state index in [4.69, 9.17) is 0 Å². The van der Waals surface area contributed by atoms with Gasteiger partial charge in [0.05, 0.1) is 0 Å². The molecule has 5 aromatic rings. The zero-order valence-corrected chi connectivity index (χ0v) is 20.7. The number of ketones is 1. The Hall–Kier alpha value is -4.19. The Labute approximate surface area is 212 Å². The van der Waals surface area contributed by atoms with Crippen molar-refractivity contribution in [1.29, 1.82) is 0 Å². The van der Waals surface area contributed by atoms with Crippen molar-refractivity contribution >= 4 is 39.4 Å². The minimum atomic E-state index is -2.48. The number of carbonyl (C=O) groups is 1. The van der Waals surface area contributed by atoms with Gasteiger partial charge in [-0.1, -0.05) is 146 Å². The second kappa shape index (κ2) is 9.46. The summed E-state index contributed by atoms with van der Waals surface area (Å²) < 4.78 is 0. The minimum Gasteiger partial charge on any atom is -0.289 e. The van der Waals surface area contributed by atoms with Crippen molar-refractivity contribution in [1.82, 2.24) is 0 Å². The van der Waals surface area contributed by atoms with E-state index >= 15 is 0 Å². The third-order valence-corrected chi connectivity index (χ3v) is 11.2. The van der Waals surface area contributed by atoms with Crippen molar-refractivity contribution in [2.45, 2.75) is 0 Å². The molecule has 0 saturated heterocycles. The fourth-order valence-corrected chi connectivity index (χ4v) is 9.79. The summed E-state index contributed by atoms with van der Waals surface area (Å²) in [5, 5.41) is 4.46. The molecule has 0 bridgehead atoms.